The van der Waals surface area contributed by atoms with E-state index in [-0.39, 0.29) is 16.7 Å². The second kappa shape index (κ2) is 6.47. The number of nitro benzene ring substituents is 1. The molecule has 0 saturated carbocycles. The van der Waals surface area contributed by atoms with E-state index in [1.807, 2.05) is 14.1 Å². The molecule has 1 aliphatic heterocycles. The van der Waals surface area contributed by atoms with Crippen LogP contribution in [0.1, 0.15) is 0 Å². The average Bonchev–Trinajstić information content (AvgIpc) is 2.53. The van der Waals surface area contributed by atoms with Crippen molar-refractivity contribution in [1.29, 1.82) is 0 Å². The predicted molar refractivity (Wildman–Crippen MR) is 88.9 cm³/mol. The molecule has 1 unspecified atom stereocenters. The van der Waals surface area contributed by atoms with Gasteiger partial charge in [-0.25, -0.2) is 0 Å². The number of likely N-dealkylation sites (N-methyl/N-ethyl adjacent to an activating group) is 1. The number of non-ortho nitro benzene ring substituents is 1. The van der Waals surface area contributed by atoms with Gasteiger partial charge in [0.1, 0.15) is 5.52 Å². The fourth-order valence-corrected chi connectivity index (χ4v) is 3.01. The molecule has 0 radical (unpaired) electrons. The van der Waals surface area contributed by atoms with Crippen LogP contribution in [0.4, 0.5) is 11.4 Å². The van der Waals surface area contributed by atoms with Crippen molar-refractivity contribution in [2.75, 3.05) is 45.2 Å². The van der Waals surface area contributed by atoms with Crippen LogP contribution >= 0.6 is 0 Å². The highest BCUT2D eigenvalue weighted by atomic mass is 16.6. The molecule has 0 amide bonds. The second-order valence-electron chi connectivity index (χ2n) is 5.96. The summed E-state index contributed by atoms with van der Waals surface area (Å²) < 4.78 is 5.80. The zero-order valence-corrected chi connectivity index (χ0v) is 13.3. The maximum atomic E-state index is 11.2. The Bertz CT molecular complexity index is 720. The summed E-state index contributed by atoms with van der Waals surface area (Å²) in [4.78, 5) is 19.5. The Morgan fingerprint density at radius 1 is 1.43 bits per heavy atom. The van der Waals surface area contributed by atoms with Gasteiger partial charge in [0, 0.05) is 31.9 Å². The highest BCUT2D eigenvalue weighted by Crippen LogP contribution is 2.32. The number of benzene rings is 1. The first-order valence-corrected chi connectivity index (χ1v) is 7.59. The molecule has 1 aromatic heterocycles. The molecule has 1 aliphatic rings. The highest BCUT2D eigenvalue weighted by molar-refractivity contribution is 5.97. The van der Waals surface area contributed by atoms with E-state index in [2.05, 4.69) is 14.8 Å². The molecular formula is C16H20N4O3. The van der Waals surface area contributed by atoms with Crippen LogP contribution in [0.2, 0.25) is 0 Å². The molecule has 122 valence electrons. The summed E-state index contributed by atoms with van der Waals surface area (Å²) in [6.07, 6.45) is 1.79. The van der Waals surface area contributed by atoms with Crippen LogP contribution in [0.25, 0.3) is 10.9 Å². The van der Waals surface area contributed by atoms with E-state index >= 15 is 0 Å². The third-order valence-corrected chi connectivity index (χ3v) is 3.97. The van der Waals surface area contributed by atoms with Gasteiger partial charge in [-0.05, 0) is 32.3 Å². The normalized spacial score (nSPS) is 18.6. The lowest BCUT2D eigenvalue weighted by atomic mass is 10.1. The Balaban J connectivity index is 1.97. The Labute approximate surface area is 134 Å². The van der Waals surface area contributed by atoms with Gasteiger partial charge in [0.25, 0.3) is 5.69 Å². The van der Waals surface area contributed by atoms with Crippen LogP contribution in [0.15, 0.2) is 30.5 Å². The van der Waals surface area contributed by atoms with Crippen molar-refractivity contribution in [1.82, 2.24) is 9.88 Å². The third kappa shape index (κ3) is 3.25. The van der Waals surface area contributed by atoms with Crippen molar-refractivity contribution in [3.8, 4) is 0 Å². The molecule has 0 spiro atoms. The van der Waals surface area contributed by atoms with Crippen LogP contribution in [-0.4, -0.2) is 61.2 Å². The number of rotatable bonds is 4. The first-order valence-electron chi connectivity index (χ1n) is 7.59. The fourth-order valence-electron chi connectivity index (χ4n) is 3.01. The molecular weight excluding hydrogens is 296 g/mol. The van der Waals surface area contributed by atoms with E-state index in [9.17, 15) is 10.1 Å². The molecule has 0 bridgehead atoms. The van der Waals surface area contributed by atoms with Crippen molar-refractivity contribution in [3.05, 3.63) is 40.6 Å². The van der Waals surface area contributed by atoms with Crippen molar-refractivity contribution < 1.29 is 9.66 Å². The number of morpholine rings is 1. The van der Waals surface area contributed by atoms with E-state index in [0.29, 0.717) is 17.5 Å². The summed E-state index contributed by atoms with van der Waals surface area (Å²) in [7, 11) is 4.04. The molecule has 1 saturated heterocycles. The second-order valence-corrected chi connectivity index (χ2v) is 5.96. The van der Waals surface area contributed by atoms with Crippen molar-refractivity contribution in [2.24, 2.45) is 0 Å². The minimum atomic E-state index is -0.359. The summed E-state index contributed by atoms with van der Waals surface area (Å²) in [5.74, 6) is 0. The standard InChI is InChI=1S/C16H20N4O3/c1-18(2)10-12-11-19(8-9-23-12)15-6-5-14(20(21)22)13-4-3-7-17-16(13)15/h3-7,12H,8-11H2,1-2H3. The van der Waals surface area contributed by atoms with Gasteiger partial charge in [-0.3, -0.25) is 15.1 Å². The van der Waals surface area contributed by atoms with E-state index in [1.165, 1.54) is 0 Å². The number of nitrogens with zero attached hydrogens (tertiary/aromatic N) is 4. The fraction of sp³-hybridized carbons (Fsp3) is 0.438. The molecule has 1 atom stereocenters. The van der Waals surface area contributed by atoms with Crippen LogP contribution in [-0.2, 0) is 4.74 Å². The number of hydrogen-bond donors (Lipinski definition) is 0. The maximum Gasteiger partial charge on any atom is 0.278 e. The number of hydrogen-bond acceptors (Lipinski definition) is 6. The van der Waals surface area contributed by atoms with Gasteiger partial charge in [-0.1, -0.05) is 0 Å². The van der Waals surface area contributed by atoms with Crippen LogP contribution in [0.5, 0.6) is 0 Å². The molecule has 2 heterocycles. The summed E-state index contributed by atoms with van der Waals surface area (Å²) in [5.41, 5.74) is 1.69. The van der Waals surface area contributed by atoms with Crippen molar-refractivity contribution in [3.63, 3.8) is 0 Å². The zero-order chi connectivity index (χ0) is 16.4. The minimum absolute atomic E-state index is 0.0925. The monoisotopic (exact) mass is 316 g/mol. The number of nitro groups is 1. The Kier molecular flexibility index (Phi) is 4.40. The lowest BCUT2D eigenvalue weighted by Gasteiger charge is -2.35. The molecule has 1 fully saturated rings. The highest BCUT2D eigenvalue weighted by Gasteiger charge is 2.24. The molecule has 2 aromatic rings. The lowest BCUT2D eigenvalue weighted by molar-refractivity contribution is -0.383. The van der Waals surface area contributed by atoms with E-state index in [1.54, 1.807) is 30.5 Å². The van der Waals surface area contributed by atoms with Gasteiger partial charge in [0.05, 0.1) is 28.7 Å². The predicted octanol–water partition coefficient (Wildman–Crippen LogP) is 1.91. The molecule has 0 N–H and O–H groups in total. The van der Waals surface area contributed by atoms with Gasteiger partial charge in [-0.15, -0.1) is 0 Å². The maximum absolute atomic E-state index is 11.2. The third-order valence-electron chi connectivity index (χ3n) is 3.97. The van der Waals surface area contributed by atoms with Gasteiger partial charge < -0.3 is 14.5 Å². The minimum Gasteiger partial charge on any atom is -0.373 e. The molecule has 1 aromatic carbocycles. The number of ether oxygens (including phenoxy) is 1. The van der Waals surface area contributed by atoms with Crippen molar-refractivity contribution in [2.45, 2.75) is 6.10 Å². The summed E-state index contributed by atoms with van der Waals surface area (Å²) in [6.45, 7) is 2.99. The number of fused-ring (bicyclic) bond motifs is 1. The quantitative estimate of drug-likeness (QED) is 0.634. The molecule has 7 heteroatoms. The zero-order valence-electron chi connectivity index (χ0n) is 13.3. The molecule has 23 heavy (non-hydrogen) atoms. The molecule has 3 rings (SSSR count). The van der Waals surface area contributed by atoms with E-state index in [0.717, 1.165) is 25.3 Å². The first-order chi connectivity index (χ1) is 11.1. The number of aromatic nitrogens is 1. The molecule has 0 aliphatic carbocycles. The van der Waals surface area contributed by atoms with Crippen molar-refractivity contribution >= 4 is 22.3 Å². The van der Waals surface area contributed by atoms with Gasteiger partial charge in [-0.2, -0.15) is 0 Å². The summed E-state index contributed by atoms with van der Waals surface area (Å²) in [5, 5.41) is 11.8. The van der Waals surface area contributed by atoms with Gasteiger partial charge >= 0.3 is 0 Å². The van der Waals surface area contributed by atoms with Crippen LogP contribution < -0.4 is 4.90 Å². The Morgan fingerprint density at radius 2 is 2.26 bits per heavy atom. The average molecular weight is 316 g/mol. The number of anilines is 1. The number of pyridine rings is 1. The van der Waals surface area contributed by atoms with E-state index in [4.69, 9.17) is 4.74 Å². The lowest BCUT2D eigenvalue weighted by Crippen LogP contribution is -2.46. The van der Waals surface area contributed by atoms with Gasteiger partial charge in [0.15, 0.2) is 0 Å². The van der Waals surface area contributed by atoms with Crippen LogP contribution in [0.3, 0.4) is 0 Å². The van der Waals surface area contributed by atoms with Gasteiger partial charge in [0.2, 0.25) is 0 Å². The first kappa shape index (κ1) is 15.6. The van der Waals surface area contributed by atoms with E-state index < -0.39 is 0 Å². The van der Waals surface area contributed by atoms with Crippen LogP contribution in [0, 0.1) is 10.1 Å². The Morgan fingerprint density at radius 3 is 3.00 bits per heavy atom. The Hall–Kier alpha value is -2.25. The SMILES string of the molecule is CN(C)CC1CN(c2ccc([N+](=O)[O-])c3cccnc23)CCO1. The molecule has 7 nitrogen and oxygen atoms in total. The largest absolute Gasteiger partial charge is 0.373 e. The topological polar surface area (TPSA) is 71.7 Å². The summed E-state index contributed by atoms with van der Waals surface area (Å²) >= 11 is 0. The summed E-state index contributed by atoms with van der Waals surface area (Å²) in [6, 6.07) is 6.84. The smallest absolute Gasteiger partial charge is 0.278 e.